The van der Waals surface area contributed by atoms with E-state index in [1.165, 1.54) is 121 Å². The van der Waals surface area contributed by atoms with Gasteiger partial charge in [-0.05, 0) is 231 Å². The topological polar surface area (TPSA) is 46.2 Å². The second-order valence-electron chi connectivity index (χ2n) is 29.7. The monoisotopic (exact) mass is 1330 g/mol. The van der Waals surface area contributed by atoms with Crippen LogP contribution in [0.2, 0.25) is 0 Å². The summed E-state index contributed by atoms with van der Waals surface area (Å²) in [4.78, 5) is 0. The third-order valence-corrected chi connectivity index (χ3v) is 50.7. The molecular formula is C69H145O5P9. The molecule has 0 bridgehead atoms. The average Bonchev–Trinajstić information content (AvgIpc) is 4.44. The molecule has 0 aromatic rings. The van der Waals surface area contributed by atoms with Crippen molar-refractivity contribution in [1.82, 2.24) is 0 Å². The van der Waals surface area contributed by atoms with Gasteiger partial charge in [0.1, 0.15) is 0 Å². The van der Waals surface area contributed by atoms with E-state index in [4.69, 9.17) is 23.7 Å². The molecule has 21 atom stereocenters. The van der Waals surface area contributed by atoms with Crippen LogP contribution in [0.3, 0.4) is 0 Å². The largest absolute Gasteiger partial charge is 0.380 e. The summed E-state index contributed by atoms with van der Waals surface area (Å²) in [6.07, 6.45) is 29.8. The van der Waals surface area contributed by atoms with Gasteiger partial charge in [-0.25, -0.2) is 0 Å². The molecule has 10 fully saturated rings. The number of methoxy groups -OCH3 is 2. The number of hydrogen-bond donors (Lipinski definition) is 0. The van der Waals surface area contributed by atoms with Gasteiger partial charge in [-0.2, -0.15) is 0 Å². The molecule has 0 amide bonds. The fourth-order valence-corrected chi connectivity index (χ4v) is 30.5. The summed E-state index contributed by atoms with van der Waals surface area (Å²) in [5.41, 5.74) is 10.7. The van der Waals surface area contributed by atoms with Crippen LogP contribution in [0.15, 0.2) is 0 Å². The smallest absolute Gasteiger partial charge is 0.163 e. The minimum absolute atomic E-state index is 0.0723. The van der Waals surface area contributed by atoms with Crippen molar-refractivity contribution in [2.75, 3.05) is 112 Å². The van der Waals surface area contributed by atoms with Crippen molar-refractivity contribution in [3.05, 3.63) is 0 Å². The van der Waals surface area contributed by atoms with Crippen LogP contribution < -0.4 is 0 Å². The lowest BCUT2D eigenvalue weighted by molar-refractivity contribution is -0.147. The van der Waals surface area contributed by atoms with Gasteiger partial charge in [0.15, 0.2) is 5.79 Å². The van der Waals surface area contributed by atoms with Gasteiger partial charge in [0, 0.05) is 36.9 Å². The molecule has 10 aliphatic heterocycles. The first-order valence-corrected chi connectivity index (χ1v) is 51.7. The maximum absolute atomic E-state index is 5.92. The van der Waals surface area contributed by atoms with Gasteiger partial charge in [-0.1, -0.05) is 154 Å². The van der Waals surface area contributed by atoms with Crippen molar-refractivity contribution in [2.45, 2.75) is 329 Å². The molecule has 83 heavy (non-hydrogen) atoms. The Hall–Kier alpha value is 3.67. The zero-order chi connectivity index (χ0) is 63.3. The molecule has 10 aliphatic rings. The summed E-state index contributed by atoms with van der Waals surface area (Å²) in [6, 6.07) is 0. The first-order chi connectivity index (χ1) is 38.6. The Kier molecular flexibility index (Phi) is 40.7. The predicted molar refractivity (Wildman–Crippen MR) is 402 cm³/mol. The Labute approximate surface area is 533 Å². The highest BCUT2D eigenvalue weighted by atomic mass is 31.1. The lowest BCUT2D eigenvalue weighted by atomic mass is 10.1. The van der Waals surface area contributed by atoms with E-state index in [0.29, 0.717) is 99.7 Å². The molecule has 0 aromatic carbocycles. The maximum Gasteiger partial charge on any atom is 0.163 e. The van der Waals surface area contributed by atoms with E-state index in [2.05, 4.69) is 171 Å². The fraction of sp³-hybridized carbons (Fsp3) is 1.00. The van der Waals surface area contributed by atoms with E-state index in [1.54, 1.807) is 14.2 Å². The van der Waals surface area contributed by atoms with Crippen molar-refractivity contribution < 1.29 is 23.7 Å². The second-order valence-corrected chi connectivity index (χ2v) is 56.7. The Bertz CT molecular complexity index is 1580. The van der Waals surface area contributed by atoms with Crippen molar-refractivity contribution >= 4 is 71.3 Å². The number of rotatable bonds is 2. The predicted octanol–water partition coefficient (Wildman–Crippen LogP) is 22.6. The van der Waals surface area contributed by atoms with E-state index < -0.39 is 0 Å². The molecule has 0 saturated carbocycles. The van der Waals surface area contributed by atoms with E-state index >= 15 is 0 Å². The molecule has 0 aromatic heterocycles. The summed E-state index contributed by atoms with van der Waals surface area (Å²) in [6.45, 7) is 65.6. The summed E-state index contributed by atoms with van der Waals surface area (Å²) in [5.74, 6) is -0.353. The molecule has 10 saturated heterocycles. The number of ether oxygens (including phenoxy) is 5. The van der Waals surface area contributed by atoms with Crippen LogP contribution in [0.5, 0.6) is 0 Å². The van der Waals surface area contributed by atoms with E-state index in [-0.39, 0.29) is 29.6 Å². The van der Waals surface area contributed by atoms with Crippen LogP contribution in [0.4, 0.5) is 0 Å². The molecule has 0 radical (unpaired) electrons. The van der Waals surface area contributed by atoms with Crippen molar-refractivity contribution in [3.8, 4) is 0 Å². The second kappa shape index (κ2) is 40.8. The third-order valence-electron chi connectivity index (χ3n) is 22.5. The first-order valence-electron chi connectivity index (χ1n) is 34.0. The fourth-order valence-electron chi connectivity index (χ4n) is 13.4. The molecule has 10 heterocycles. The Morgan fingerprint density at radius 2 is 0.675 bits per heavy atom. The lowest BCUT2D eigenvalue weighted by Gasteiger charge is -2.36. The van der Waals surface area contributed by atoms with Gasteiger partial charge in [0.2, 0.25) is 0 Å². The highest BCUT2D eigenvalue weighted by Crippen LogP contribution is 2.59. The summed E-state index contributed by atoms with van der Waals surface area (Å²) >= 11 is 0. The molecular weight excluding hydrogens is 1190 g/mol. The SMILES string of the molecule is COC1[C@H](OC)[C@H](C)P(C)[C@H]1C.CP1CCCC1(C)C.CP1CCCCC1(C)C.C[C@H]1CCCCP1C.C[C@H]1CCCP1C.C[C@H]1CCC[C@H](C)P1C.C[C@H]1CC[C@H](C)P1C.C[C@H]1COC[C@H](C)P1C.C[C@H]1[C@H]2OC(C)(C)O[C@@H]2[C@H](C)P1C. The maximum atomic E-state index is 5.92. The molecule has 10 rings (SSSR count). The third kappa shape index (κ3) is 27.9. The first kappa shape index (κ1) is 82.8. The number of hydrogen-bond acceptors (Lipinski definition) is 5. The molecule has 6 unspecified atom stereocenters. The minimum Gasteiger partial charge on any atom is -0.380 e. The molecule has 0 aliphatic carbocycles. The van der Waals surface area contributed by atoms with E-state index in [1.807, 2.05) is 13.8 Å². The highest BCUT2D eigenvalue weighted by Gasteiger charge is 2.54. The average molecular weight is 1330 g/mol. The van der Waals surface area contributed by atoms with Crippen molar-refractivity contribution in [1.29, 1.82) is 0 Å². The zero-order valence-corrected chi connectivity index (χ0v) is 68.7. The Morgan fingerprint density at radius 3 is 0.952 bits per heavy atom. The van der Waals surface area contributed by atoms with E-state index in [9.17, 15) is 0 Å². The normalized spacial score (nSPS) is 42.3. The Morgan fingerprint density at radius 1 is 0.337 bits per heavy atom. The molecule has 0 N–H and O–H groups in total. The van der Waals surface area contributed by atoms with Crippen LogP contribution >= 0.6 is 71.3 Å². The molecule has 0 spiro atoms. The summed E-state index contributed by atoms with van der Waals surface area (Å²) < 4.78 is 28.1. The zero-order valence-electron chi connectivity index (χ0n) is 60.7. The standard InChI is InChI=1S/C10H19O2P.C9H19O2P.2C8H17P.C7H15OP.3C7H15P.C6H13P/c1-6-8-9(7(2)13(6)5)12-10(3,4)11-8;1-6-8(10-3)9(11-4)7(2)12(6)5;1-8(2)6-4-5-7-9(8)3;1-7-5-4-6-8(2)9(7)3;1-6-4-8-5-7(2)9(6)3;1-7(2)5-4-6-8(7)3;1-6-4-5-7(2)8(6)3;1-7-5-3-4-6-8(7)2;1-6-4-3-5-7(6)2/h6-9H,1-5H3;6-9H,1-5H3;4-7H2,1-3H3;7-8H,4-6H2,1-3H3;6-7H,4-5H2,1-3H3;4-6H2,1-3H3;6-7H,4-5H2,1-3H3;7H,3-6H2,1-2H3;6H,3-5H2,1-2H3/t6-,7-,8+,9+;6-,7-,8+,9?,12?;;7-,8-;6-,7-;;6-,7-;7-,8?;6-,7?/m00.00.000/s1. The van der Waals surface area contributed by atoms with E-state index in [0.717, 1.165) is 63.6 Å². The summed E-state index contributed by atoms with van der Waals surface area (Å²) in [5, 5.41) is 1.42. The molecule has 5 nitrogen and oxygen atoms in total. The van der Waals surface area contributed by atoms with Gasteiger partial charge in [-0.15, -0.1) is 47.5 Å². The van der Waals surface area contributed by atoms with Gasteiger partial charge < -0.3 is 23.7 Å². The van der Waals surface area contributed by atoms with Gasteiger partial charge in [0.05, 0.1) is 37.6 Å². The quantitative estimate of drug-likeness (QED) is 0.258. The van der Waals surface area contributed by atoms with Crippen LogP contribution in [-0.4, -0.2) is 220 Å². The van der Waals surface area contributed by atoms with Crippen molar-refractivity contribution in [3.63, 3.8) is 0 Å². The van der Waals surface area contributed by atoms with Crippen LogP contribution in [0.1, 0.15) is 221 Å². The number of fused-ring (bicyclic) bond motifs is 1. The minimum atomic E-state index is -0.353. The highest BCUT2D eigenvalue weighted by molar-refractivity contribution is 7.60. The van der Waals surface area contributed by atoms with Gasteiger partial charge in [-0.3, -0.25) is 0 Å². The van der Waals surface area contributed by atoms with Crippen LogP contribution in [-0.2, 0) is 23.7 Å². The van der Waals surface area contributed by atoms with Gasteiger partial charge in [0.25, 0.3) is 0 Å². The lowest BCUT2D eigenvalue weighted by Crippen LogP contribution is -2.34. The van der Waals surface area contributed by atoms with Crippen molar-refractivity contribution in [2.24, 2.45) is 0 Å². The Balaban J connectivity index is 0.000000321. The summed E-state index contributed by atoms with van der Waals surface area (Å²) in [7, 11) is 6.47. The van der Waals surface area contributed by atoms with Crippen LogP contribution in [0.25, 0.3) is 0 Å². The van der Waals surface area contributed by atoms with Crippen LogP contribution in [0, 0.1) is 0 Å². The van der Waals surface area contributed by atoms with Gasteiger partial charge >= 0.3 is 0 Å². The molecule has 496 valence electrons. The molecule has 14 heteroatoms.